The highest BCUT2D eigenvalue weighted by Gasteiger charge is 2.09. The van der Waals surface area contributed by atoms with E-state index >= 15 is 0 Å². The Labute approximate surface area is 92.1 Å². The van der Waals surface area contributed by atoms with Crippen molar-refractivity contribution in [1.29, 1.82) is 0 Å². The van der Waals surface area contributed by atoms with Crippen molar-refractivity contribution >= 4 is 28.2 Å². The second kappa shape index (κ2) is 4.03. The van der Waals surface area contributed by atoms with Crippen LogP contribution in [0.3, 0.4) is 0 Å². The quantitative estimate of drug-likeness (QED) is 0.845. The molecule has 0 radical (unpaired) electrons. The molecule has 0 bridgehead atoms. The van der Waals surface area contributed by atoms with Gasteiger partial charge in [0.1, 0.15) is 11.3 Å². The molecule has 2 aromatic rings. The highest BCUT2D eigenvalue weighted by atomic mass is 35.5. The molecule has 0 saturated heterocycles. The molecule has 0 amide bonds. The van der Waals surface area contributed by atoms with E-state index in [-0.39, 0.29) is 5.82 Å². The Kier molecular flexibility index (Phi) is 2.73. The summed E-state index contributed by atoms with van der Waals surface area (Å²) in [7, 11) is 0. The van der Waals surface area contributed by atoms with E-state index in [4.69, 9.17) is 11.6 Å². The van der Waals surface area contributed by atoms with E-state index in [2.05, 4.69) is 10.3 Å². The molecule has 0 fully saturated rings. The molecule has 1 aromatic heterocycles. The first kappa shape index (κ1) is 10.2. The number of benzene rings is 1. The summed E-state index contributed by atoms with van der Waals surface area (Å²) in [5.41, 5.74) is 1.12. The van der Waals surface area contributed by atoms with E-state index in [0.29, 0.717) is 15.9 Å². The highest BCUT2D eigenvalue weighted by molar-refractivity contribution is 6.36. The van der Waals surface area contributed by atoms with E-state index in [1.807, 2.05) is 6.92 Å². The lowest BCUT2D eigenvalue weighted by Gasteiger charge is -2.08. The van der Waals surface area contributed by atoms with Crippen LogP contribution in [0.25, 0.3) is 10.9 Å². The molecule has 2 nitrogen and oxygen atoms in total. The number of halogens is 2. The van der Waals surface area contributed by atoms with Crippen LogP contribution in [0.2, 0.25) is 5.02 Å². The third-order valence-corrected chi connectivity index (χ3v) is 2.47. The molecule has 1 N–H and O–H groups in total. The van der Waals surface area contributed by atoms with Gasteiger partial charge in [-0.25, -0.2) is 4.39 Å². The van der Waals surface area contributed by atoms with Gasteiger partial charge < -0.3 is 5.32 Å². The largest absolute Gasteiger partial charge is 0.385 e. The van der Waals surface area contributed by atoms with Gasteiger partial charge in [0.2, 0.25) is 0 Å². The third kappa shape index (κ3) is 1.75. The average molecular weight is 225 g/mol. The molecule has 4 heteroatoms. The van der Waals surface area contributed by atoms with Crippen LogP contribution in [0, 0.1) is 5.82 Å². The van der Waals surface area contributed by atoms with Gasteiger partial charge in [-0.05, 0) is 25.1 Å². The van der Waals surface area contributed by atoms with Crippen molar-refractivity contribution < 1.29 is 4.39 Å². The summed E-state index contributed by atoms with van der Waals surface area (Å²) < 4.78 is 13.4. The number of aromatic nitrogens is 1. The monoisotopic (exact) mass is 224 g/mol. The standard InChI is InChI=1S/C11H10ClFN2/c1-2-14-9-5-6-15-11-8(13)4-3-7(12)10(9)11/h3-6H,2H2,1H3,(H,14,15). The number of rotatable bonds is 2. The van der Waals surface area contributed by atoms with Crippen LogP contribution < -0.4 is 5.32 Å². The van der Waals surface area contributed by atoms with Crippen molar-refractivity contribution in [3.63, 3.8) is 0 Å². The van der Waals surface area contributed by atoms with Crippen LogP contribution in [0.5, 0.6) is 0 Å². The zero-order chi connectivity index (χ0) is 10.8. The van der Waals surface area contributed by atoms with Crippen molar-refractivity contribution in [2.45, 2.75) is 6.92 Å². The Morgan fingerprint density at radius 1 is 1.40 bits per heavy atom. The molecule has 0 aliphatic carbocycles. The number of nitrogens with one attached hydrogen (secondary N) is 1. The van der Waals surface area contributed by atoms with Gasteiger partial charge in [-0.3, -0.25) is 4.98 Å². The van der Waals surface area contributed by atoms with Crippen molar-refractivity contribution in [1.82, 2.24) is 4.98 Å². The first-order chi connectivity index (χ1) is 7.24. The molecule has 15 heavy (non-hydrogen) atoms. The van der Waals surface area contributed by atoms with Gasteiger partial charge in [-0.2, -0.15) is 0 Å². The molecule has 0 spiro atoms. The Bertz CT molecular complexity index is 499. The fourth-order valence-corrected chi connectivity index (χ4v) is 1.79. The summed E-state index contributed by atoms with van der Waals surface area (Å²) >= 11 is 6.02. The van der Waals surface area contributed by atoms with Crippen LogP contribution in [0.1, 0.15) is 6.92 Å². The second-order valence-corrected chi connectivity index (χ2v) is 3.55. The number of pyridine rings is 1. The maximum atomic E-state index is 13.4. The molecule has 0 aliphatic heterocycles. The maximum absolute atomic E-state index is 13.4. The van der Waals surface area contributed by atoms with Gasteiger partial charge in [-0.1, -0.05) is 11.6 Å². The predicted molar refractivity (Wildman–Crippen MR) is 60.9 cm³/mol. The van der Waals surface area contributed by atoms with Crippen molar-refractivity contribution in [3.05, 3.63) is 35.2 Å². The first-order valence-corrected chi connectivity index (χ1v) is 5.08. The van der Waals surface area contributed by atoms with Gasteiger partial charge in [0.05, 0.1) is 5.02 Å². The van der Waals surface area contributed by atoms with E-state index in [1.165, 1.54) is 6.07 Å². The highest BCUT2D eigenvalue weighted by Crippen LogP contribution is 2.30. The first-order valence-electron chi connectivity index (χ1n) is 4.70. The fraction of sp³-hybridized carbons (Fsp3) is 0.182. The Hall–Kier alpha value is -1.35. The summed E-state index contributed by atoms with van der Waals surface area (Å²) in [6.45, 7) is 2.73. The zero-order valence-electron chi connectivity index (χ0n) is 8.22. The lowest BCUT2D eigenvalue weighted by Crippen LogP contribution is -1.98. The molecular weight excluding hydrogens is 215 g/mol. The van der Waals surface area contributed by atoms with E-state index < -0.39 is 0 Å². The SMILES string of the molecule is CCNc1ccnc2c(F)ccc(Cl)c12. The van der Waals surface area contributed by atoms with Gasteiger partial charge in [-0.15, -0.1) is 0 Å². The number of hydrogen-bond donors (Lipinski definition) is 1. The predicted octanol–water partition coefficient (Wildman–Crippen LogP) is 3.46. The topological polar surface area (TPSA) is 24.9 Å². The summed E-state index contributed by atoms with van der Waals surface area (Å²) in [5, 5.41) is 4.28. The number of fused-ring (bicyclic) bond motifs is 1. The van der Waals surface area contributed by atoms with Crippen molar-refractivity contribution in [3.8, 4) is 0 Å². The molecule has 0 aliphatic rings. The molecule has 2 rings (SSSR count). The summed E-state index contributed by atoms with van der Waals surface area (Å²) in [5.74, 6) is -0.353. The lowest BCUT2D eigenvalue weighted by atomic mass is 10.2. The van der Waals surface area contributed by atoms with Crippen LogP contribution in [0.4, 0.5) is 10.1 Å². The van der Waals surface area contributed by atoms with Gasteiger partial charge >= 0.3 is 0 Å². The third-order valence-electron chi connectivity index (χ3n) is 2.16. The average Bonchev–Trinajstić information content (AvgIpc) is 2.24. The number of hydrogen-bond acceptors (Lipinski definition) is 2. The molecule has 78 valence electrons. The lowest BCUT2D eigenvalue weighted by molar-refractivity contribution is 0.637. The second-order valence-electron chi connectivity index (χ2n) is 3.14. The van der Waals surface area contributed by atoms with Crippen molar-refractivity contribution in [2.24, 2.45) is 0 Å². The number of nitrogens with zero attached hydrogens (tertiary/aromatic N) is 1. The Morgan fingerprint density at radius 2 is 2.20 bits per heavy atom. The molecule has 0 atom stereocenters. The van der Waals surface area contributed by atoms with Gasteiger partial charge in [0, 0.05) is 23.8 Å². The van der Waals surface area contributed by atoms with E-state index in [9.17, 15) is 4.39 Å². The minimum absolute atomic E-state index is 0.306. The molecule has 1 heterocycles. The van der Waals surface area contributed by atoms with Crippen LogP contribution in [-0.2, 0) is 0 Å². The fourth-order valence-electron chi connectivity index (χ4n) is 1.53. The van der Waals surface area contributed by atoms with Gasteiger partial charge in [0.25, 0.3) is 0 Å². The van der Waals surface area contributed by atoms with Crippen LogP contribution in [-0.4, -0.2) is 11.5 Å². The normalized spacial score (nSPS) is 10.6. The van der Waals surface area contributed by atoms with Gasteiger partial charge in [0.15, 0.2) is 0 Å². The van der Waals surface area contributed by atoms with Crippen molar-refractivity contribution in [2.75, 3.05) is 11.9 Å². The zero-order valence-corrected chi connectivity index (χ0v) is 8.98. The molecule has 1 aromatic carbocycles. The summed E-state index contributed by atoms with van der Waals surface area (Å²) in [6.07, 6.45) is 1.57. The Balaban J connectivity index is 2.78. The van der Waals surface area contributed by atoms with Crippen LogP contribution in [0.15, 0.2) is 24.4 Å². The number of anilines is 1. The molecule has 0 unspecified atom stereocenters. The smallest absolute Gasteiger partial charge is 0.149 e. The van der Waals surface area contributed by atoms with E-state index in [0.717, 1.165) is 12.2 Å². The van der Waals surface area contributed by atoms with Crippen LogP contribution >= 0.6 is 11.6 Å². The summed E-state index contributed by atoms with van der Waals surface area (Å²) in [6, 6.07) is 4.66. The van der Waals surface area contributed by atoms with E-state index in [1.54, 1.807) is 18.3 Å². The Morgan fingerprint density at radius 3 is 2.93 bits per heavy atom. The minimum atomic E-state index is -0.353. The minimum Gasteiger partial charge on any atom is -0.385 e. The molecule has 0 saturated carbocycles. The maximum Gasteiger partial charge on any atom is 0.149 e. The summed E-state index contributed by atoms with van der Waals surface area (Å²) in [4.78, 5) is 3.99. The molecular formula is C11H10ClFN2.